The summed E-state index contributed by atoms with van der Waals surface area (Å²) in [6, 6.07) is 75.6. The second kappa shape index (κ2) is 13.4. The average molecular weight is 690 g/mol. The lowest BCUT2D eigenvalue weighted by Gasteiger charge is -2.26. The van der Waals surface area contributed by atoms with Crippen LogP contribution in [0.2, 0.25) is 0 Å². The van der Waals surface area contributed by atoms with Crippen molar-refractivity contribution in [3.05, 3.63) is 212 Å². The first-order valence-corrected chi connectivity index (χ1v) is 18.4. The van der Waals surface area contributed by atoms with Gasteiger partial charge >= 0.3 is 0 Å². The van der Waals surface area contributed by atoms with E-state index in [4.69, 9.17) is 4.42 Å². The van der Waals surface area contributed by atoms with Gasteiger partial charge in [0.25, 0.3) is 0 Å². The van der Waals surface area contributed by atoms with E-state index in [0.717, 1.165) is 50.1 Å². The van der Waals surface area contributed by atoms with Crippen molar-refractivity contribution in [1.29, 1.82) is 0 Å². The van der Waals surface area contributed by atoms with E-state index in [1.165, 1.54) is 44.2 Å². The number of rotatable bonds is 7. The molecule has 1 aromatic heterocycles. The molecular formula is C52H35NO. The van der Waals surface area contributed by atoms with E-state index in [9.17, 15) is 0 Å². The summed E-state index contributed by atoms with van der Waals surface area (Å²) in [6.07, 6.45) is 0. The molecule has 0 bridgehead atoms. The van der Waals surface area contributed by atoms with E-state index in [2.05, 4.69) is 217 Å². The van der Waals surface area contributed by atoms with Crippen LogP contribution >= 0.6 is 0 Å². The molecule has 0 saturated carbocycles. The van der Waals surface area contributed by atoms with Gasteiger partial charge in [-0.3, -0.25) is 0 Å². The minimum atomic E-state index is 0.857. The lowest BCUT2D eigenvalue weighted by Crippen LogP contribution is -2.09. The summed E-state index contributed by atoms with van der Waals surface area (Å²) < 4.78 is 6.88. The molecule has 0 N–H and O–H groups in total. The zero-order valence-electron chi connectivity index (χ0n) is 29.6. The highest BCUT2D eigenvalue weighted by atomic mass is 16.3. The Morgan fingerprint density at radius 1 is 0.296 bits per heavy atom. The molecule has 2 heteroatoms. The summed E-state index contributed by atoms with van der Waals surface area (Å²) in [5.41, 5.74) is 14.4. The molecule has 1 heterocycles. The van der Waals surface area contributed by atoms with Crippen LogP contribution in [0.3, 0.4) is 0 Å². The van der Waals surface area contributed by atoms with Crippen LogP contribution in [0.4, 0.5) is 17.1 Å². The van der Waals surface area contributed by atoms with Crippen LogP contribution in [0.15, 0.2) is 217 Å². The molecular weight excluding hydrogens is 655 g/mol. The minimum Gasteiger partial charge on any atom is -0.455 e. The topological polar surface area (TPSA) is 16.4 Å². The first-order chi connectivity index (χ1) is 26.8. The van der Waals surface area contributed by atoms with E-state index in [1.807, 2.05) is 0 Å². The fourth-order valence-electron chi connectivity index (χ4n) is 7.76. The maximum Gasteiger partial charge on any atom is 0.143 e. The lowest BCUT2D eigenvalue weighted by molar-refractivity contribution is 0.670. The molecule has 0 aliphatic carbocycles. The highest BCUT2D eigenvalue weighted by molar-refractivity contribution is 6.18. The third-order valence-corrected chi connectivity index (χ3v) is 10.5. The van der Waals surface area contributed by atoms with Gasteiger partial charge in [0.05, 0.1) is 0 Å². The Morgan fingerprint density at radius 3 is 1.26 bits per heavy atom. The van der Waals surface area contributed by atoms with E-state index >= 15 is 0 Å². The summed E-state index contributed by atoms with van der Waals surface area (Å²) in [5, 5.41) is 4.61. The number of hydrogen-bond donors (Lipinski definition) is 0. The third kappa shape index (κ3) is 5.71. The third-order valence-electron chi connectivity index (χ3n) is 10.5. The average Bonchev–Trinajstić information content (AvgIpc) is 3.61. The van der Waals surface area contributed by atoms with Crippen molar-refractivity contribution in [3.8, 4) is 44.5 Å². The van der Waals surface area contributed by atoms with Crippen molar-refractivity contribution < 1.29 is 4.42 Å². The Balaban J connectivity index is 1.08. The zero-order chi connectivity index (χ0) is 35.8. The Bertz CT molecular complexity index is 2880. The number of hydrogen-bond acceptors (Lipinski definition) is 2. The standard InChI is InChI=1S/C52H35NO/c1-4-12-36(13-5-1)38-20-22-39(23-21-38)41-26-30-45(31-27-41)53(44-28-24-40(25-29-44)37-14-6-2-7-15-37)46-32-33-48-49-34-43-18-10-11-19-47(43)51(42-16-8-3-9-17-42)52(49)54-50(48)35-46/h1-35H. The van der Waals surface area contributed by atoms with Gasteiger partial charge in [-0.25, -0.2) is 0 Å². The van der Waals surface area contributed by atoms with Crippen LogP contribution in [-0.2, 0) is 0 Å². The highest BCUT2D eigenvalue weighted by Crippen LogP contribution is 2.44. The van der Waals surface area contributed by atoms with Gasteiger partial charge < -0.3 is 9.32 Å². The number of benzene rings is 9. The Labute approximate surface area is 314 Å². The molecule has 0 aliphatic rings. The molecule has 9 aromatic carbocycles. The molecule has 10 aromatic rings. The molecule has 0 atom stereocenters. The summed E-state index contributed by atoms with van der Waals surface area (Å²) in [5.74, 6) is 0. The van der Waals surface area contributed by atoms with E-state index in [1.54, 1.807) is 0 Å². The predicted octanol–water partition coefficient (Wildman–Crippen LogP) is 14.9. The molecule has 2 nitrogen and oxygen atoms in total. The second-order valence-electron chi connectivity index (χ2n) is 13.7. The Morgan fingerprint density at radius 2 is 0.722 bits per heavy atom. The SMILES string of the molecule is c1ccc(-c2ccc(-c3ccc(N(c4ccc(-c5ccccc5)cc4)c4ccc5c(c4)oc4c(-c6ccccc6)c6ccccc6cc45)cc3)cc2)cc1. The molecule has 0 radical (unpaired) electrons. The molecule has 0 fully saturated rings. The molecule has 254 valence electrons. The summed E-state index contributed by atoms with van der Waals surface area (Å²) in [7, 11) is 0. The molecule has 0 aliphatic heterocycles. The van der Waals surface area contributed by atoms with E-state index in [-0.39, 0.29) is 0 Å². The van der Waals surface area contributed by atoms with Crippen LogP contribution in [0.25, 0.3) is 77.2 Å². The minimum absolute atomic E-state index is 0.857. The first kappa shape index (κ1) is 31.6. The van der Waals surface area contributed by atoms with Crippen LogP contribution < -0.4 is 4.90 Å². The summed E-state index contributed by atoms with van der Waals surface area (Å²) in [6.45, 7) is 0. The monoisotopic (exact) mass is 689 g/mol. The van der Waals surface area contributed by atoms with Crippen molar-refractivity contribution in [2.45, 2.75) is 0 Å². The predicted molar refractivity (Wildman–Crippen MR) is 228 cm³/mol. The maximum atomic E-state index is 6.88. The Hall–Kier alpha value is -7.16. The molecule has 54 heavy (non-hydrogen) atoms. The van der Waals surface area contributed by atoms with Gasteiger partial charge in [0.15, 0.2) is 0 Å². The first-order valence-electron chi connectivity index (χ1n) is 18.4. The van der Waals surface area contributed by atoms with Crippen LogP contribution in [0.5, 0.6) is 0 Å². The molecule has 0 amide bonds. The van der Waals surface area contributed by atoms with Gasteiger partial charge in [-0.1, -0.05) is 164 Å². The van der Waals surface area contributed by atoms with E-state index in [0.29, 0.717) is 0 Å². The number of nitrogens with zero attached hydrogens (tertiary/aromatic N) is 1. The fraction of sp³-hybridized carbons (Fsp3) is 0. The zero-order valence-corrected chi connectivity index (χ0v) is 29.6. The number of anilines is 3. The van der Waals surface area contributed by atoms with Gasteiger partial charge in [-0.2, -0.15) is 0 Å². The van der Waals surface area contributed by atoms with Crippen molar-refractivity contribution in [3.63, 3.8) is 0 Å². The molecule has 0 spiro atoms. The smallest absolute Gasteiger partial charge is 0.143 e. The Kier molecular flexibility index (Phi) is 7.85. The van der Waals surface area contributed by atoms with Gasteiger partial charge in [0.1, 0.15) is 11.2 Å². The second-order valence-corrected chi connectivity index (χ2v) is 13.7. The summed E-state index contributed by atoms with van der Waals surface area (Å²) in [4.78, 5) is 2.32. The van der Waals surface area contributed by atoms with Gasteiger partial charge in [-0.05, 0) is 92.2 Å². The van der Waals surface area contributed by atoms with Crippen molar-refractivity contribution in [2.24, 2.45) is 0 Å². The van der Waals surface area contributed by atoms with Crippen LogP contribution in [0, 0.1) is 0 Å². The fourth-order valence-corrected chi connectivity index (χ4v) is 7.76. The highest BCUT2D eigenvalue weighted by Gasteiger charge is 2.19. The maximum absolute atomic E-state index is 6.88. The molecule has 0 saturated heterocycles. The molecule has 10 rings (SSSR count). The van der Waals surface area contributed by atoms with Crippen molar-refractivity contribution >= 4 is 49.8 Å². The van der Waals surface area contributed by atoms with Crippen LogP contribution in [-0.4, -0.2) is 0 Å². The van der Waals surface area contributed by atoms with Crippen molar-refractivity contribution in [1.82, 2.24) is 0 Å². The van der Waals surface area contributed by atoms with Gasteiger partial charge in [0, 0.05) is 39.5 Å². The van der Waals surface area contributed by atoms with E-state index < -0.39 is 0 Å². The number of fused-ring (bicyclic) bond motifs is 4. The van der Waals surface area contributed by atoms with Crippen LogP contribution in [0.1, 0.15) is 0 Å². The van der Waals surface area contributed by atoms with Crippen molar-refractivity contribution in [2.75, 3.05) is 4.90 Å². The quantitative estimate of drug-likeness (QED) is 0.166. The number of furan rings is 1. The summed E-state index contributed by atoms with van der Waals surface area (Å²) >= 11 is 0. The normalized spacial score (nSPS) is 11.3. The largest absolute Gasteiger partial charge is 0.455 e. The molecule has 0 unspecified atom stereocenters. The lowest BCUT2D eigenvalue weighted by atomic mass is 9.95. The van der Waals surface area contributed by atoms with Gasteiger partial charge in [0.2, 0.25) is 0 Å². The van der Waals surface area contributed by atoms with Gasteiger partial charge in [-0.15, -0.1) is 0 Å².